The van der Waals surface area contributed by atoms with Crippen molar-refractivity contribution in [3.05, 3.63) is 34.9 Å². The molecule has 2 heteroatoms. The molecule has 2 nitrogen and oxygen atoms in total. The zero-order valence-corrected chi connectivity index (χ0v) is 12.7. The van der Waals surface area contributed by atoms with Gasteiger partial charge < -0.3 is 10.6 Å². The number of nitrogens with two attached hydrogens (primary N) is 1. The van der Waals surface area contributed by atoms with Gasteiger partial charge in [0.1, 0.15) is 0 Å². The molecule has 0 aliphatic carbocycles. The largest absolute Gasteiger partial charge is 0.322 e. The summed E-state index contributed by atoms with van der Waals surface area (Å²) in [6.07, 6.45) is 2.12. The lowest BCUT2D eigenvalue weighted by Crippen LogP contribution is -2.51. The van der Waals surface area contributed by atoms with E-state index in [1.165, 1.54) is 16.7 Å². The maximum Gasteiger partial charge on any atom is 0.0481 e. The Labute approximate surface area is 112 Å². The molecule has 0 aliphatic rings. The van der Waals surface area contributed by atoms with E-state index in [1.807, 2.05) is 0 Å². The molecule has 2 N–H and O–H groups in total. The SMILES string of the molecule is CCC(CC)(C(N)c1ccc(C)c(C)c1)N(C)C. The Morgan fingerprint density at radius 1 is 1.11 bits per heavy atom. The third kappa shape index (κ3) is 2.60. The molecule has 0 saturated carbocycles. The van der Waals surface area contributed by atoms with Crippen LogP contribution in [0.1, 0.15) is 49.4 Å². The number of hydrogen-bond acceptors (Lipinski definition) is 2. The first kappa shape index (κ1) is 15.2. The topological polar surface area (TPSA) is 29.3 Å². The molecule has 0 radical (unpaired) electrons. The summed E-state index contributed by atoms with van der Waals surface area (Å²) in [5.74, 6) is 0. The smallest absolute Gasteiger partial charge is 0.0481 e. The van der Waals surface area contributed by atoms with Gasteiger partial charge in [0.15, 0.2) is 0 Å². The van der Waals surface area contributed by atoms with Crippen LogP contribution in [-0.4, -0.2) is 24.5 Å². The Bertz CT molecular complexity index is 392. The first-order valence-corrected chi connectivity index (χ1v) is 6.89. The van der Waals surface area contributed by atoms with Crippen molar-refractivity contribution >= 4 is 0 Å². The molecule has 102 valence electrons. The lowest BCUT2D eigenvalue weighted by molar-refractivity contribution is 0.106. The first-order chi connectivity index (χ1) is 8.39. The highest BCUT2D eigenvalue weighted by atomic mass is 15.2. The molecule has 0 heterocycles. The zero-order valence-electron chi connectivity index (χ0n) is 12.7. The second-order valence-corrected chi connectivity index (χ2v) is 5.53. The van der Waals surface area contributed by atoms with E-state index in [4.69, 9.17) is 5.73 Å². The maximum atomic E-state index is 6.57. The van der Waals surface area contributed by atoms with Gasteiger partial charge in [-0.15, -0.1) is 0 Å². The van der Waals surface area contributed by atoms with Crippen LogP contribution >= 0.6 is 0 Å². The van der Waals surface area contributed by atoms with Crippen molar-refractivity contribution in [3.63, 3.8) is 0 Å². The Kier molecular flexibility index (Phi) is 4.94. The van der Waals surface area contributed by atoms with Crippen LogP contribution in [0.15, 0.2) is 18.2 Å². The van der Waals surface area contributed by atoms with Crippen molar-refractivity contribution in [2.24, 2.45) is 5.73 Å². The summed E-state index contributed by atoms with van der Waals surface area (Å²) in [5, 5.41) is 0. The Morgan fingerprint density at radius 2 is 1.67 bits per heavy atom. The van der Waals surface area contributed by atoms with Crippen LogP contribution in [0.2, 0.25) is 0 Å². The fourth-order valence-electron chi connectivity index (χ4n) is 2.87. The van der Waals surface area contributed by atoms with Crippen LogP contribution in [-0.2, 0) is 0 Å². The second kappa shape index (κ2) is 5.85. The average molecular weight is 248 g/mol. The van der Waals surface area contributed by atoms with E-state index in [1.54, 1.807) is 0 Å². The highest BCUT2D eigenvalue weighted by Crippen LogP contribution is 2.34. The molecule has 0 fully saturated rings. The van der Waals surface area contributed by atoms with Gasteiger partial charge in [-0.1, -0.05) is 32.0 Å². The fraction of sp³-hybridized carbons (Fsp3) is 0.625. The van der Waals surface area contributed by atoms with Gasteiger partial charge in [-0.05, 0) is 57.5 Å². The number of likely N-dealkylation sites (N-methyl/N-ethyl adjacent to an activating group) is 1. The lowest BCUT2D eigenvalue weighted by Gasteiger charge is -2.43. The number of rotatable bonds is 5. The average Bonchev–Trinajstić information content (AvgIpc) is 2.34. The highest BCUT2D eigenvalue weighted by Gasteiger charge is 2.36. The maximum absolute atomic E-state index is 6.57. The van der Waals surface area contributed by atoms with Gasteiger partial charge in [0.25, 0.3) is 0 Å². The van der Waals surface area contributed by atoms with Crippen LogP contribution in [0.5, 0.6) is 0 Å². The molecule has 1 aromatic rings. The predicted molar refractivity (Wildman–Crippen MR) is 79.8 cm³/mol. The molecule has 0 amide bonds. The monoisotopic (exact) mass is 248 g/mol. The van der Waals surface area contributed by atoms with Gasteiger partial charge >= 0.3 is 0 Å². The van der Waals surface area contributed by atoms with Gasteiger partial charge in [-0.25, -0.2) is 0 Å². The molecule has 0 saturated heterocycles. The summed E-state index contributed by atoms with van der Waals surface area (Å²) in [6.45, 7) is 8.75. The predicted octanol–water partition coefficient (Wildman–Crippen LogP) is 3.42. The van der Waals surface area contributed by atoms with Crippen molar-refractivity contribution in [3.8, 4) is 0 Å². The van der Waals surface area contributed by atoms with Crippen LogP contribution in [0.4, 0.5) is 0 Å². The molecular weight excluding hydrogens is 220 g/mol. The summed E-state index contributed by atoms with van der Waals surface area (Å²) in [7, 11) is 4.27. The Hall–Kier alpha value is -0.860. The van der Waals surface area contributed by atoms with Crippen molar-refractivity contribution in [1.82, 2.24) is 4.90 Å². The number of aryl methyl sites for hydroxylation is 2. The molecular formula is C16H28N2. The van der Waals surface area contributed by atoms with E-state index >= 15 is 0 Å². The van der Waals surface area contributed by atoms with Crippen LogP contribution in [0.3, 0.4) is 0 Å². The van der Waals surface area contributed by atoms with Gasteiger partial charge in [-0.3, -0.25) is 0 Å². The number of benzene rings is 1. The molecule has 1 aromatic carbocycles. The quantitative estimate of drug-likeness (QED) is 0.865. The summed E-state index contributed by atoms with van der Waals surface area (Å²) >= 11 is 0. The van der Waals surface area contributed by atoms with Crippen molar-refractivity contribution in [2.45, 2.75) is 52.1 Å². The third-order valence-electron chi connectivity index (χ3n) is 4.58. The summed E-state index contributed by atoms with van der Waals surface area (Å²) in [4.78, 5) is 2.28. The van der Waals surface area contributed by atoms with Crippen molar-refractivity contribution in [2.75, 3.05) is 14.1 Å². The molecule has 0 aliphatic heterocycles. The molecule has 1 rings (SSSR count). The zero-order chi connectivity index (χ0) is 13.9. The van der Waals surface area contributed by atoms with E-state index in [0.717, 1.165) is 12.8 Å². The minimum absolute atomic E-state index is 0.0434. The van der Waals surface area contributed by atoms with E-state index in [2.05, 4.69) is 64.9 Å². The van der Waals surface area contributed by atoms with Crippen LogP contribution in [0, 0.1) is 13.8 Å². The van der Waals surface area contributed by atoms with Crippen LogP contribution < -0.4 is 5.73 Å². The fourth-order valence-corrected chi connectivity index (χ4v) is 2.87. The van der Waals surface area contributed by atoms with Gasteiger partial charge in [-0.2, -0.15) is 0 Å². The van der Waals surface area contributed by atoms with Crippen molar-refractivity contribution < 1.29 is 0 Å². The molecule has 1 atom stereocenters. The summed E-state index contributed by atoms with van der Waals surface area (Å²) in [5.41, 5.74) is 10.5. The van der Waals surface area contributed by atoms with Crippen LogP contribution in [0.25, 0.3) is 0 Å². The third-order valence-corrected chi connectivity index (χ3v) is 4.58. The normalized spacial score (nSPS) is 14.0. The van der Waals surface area contributed by atoms with Gasteiger partial charge in [0.2, 0.25) is 0 Å². The second-order valence-electron chi connectivity index (χ2n) is 5.53. The highest BCUT2D eigenvalue weighted by molar-refractivity contribution is 5.33. The molecule has 0 spiro atoms. The summed E-state index contributed by atoms with van der Waals surface area (Å²) < 4.78 is 0. The molecule has 0 bridgehead atoms. The van der Waals surface area contributed by atoms with Gasteiger partial charge in [0, 0.05) is 11.6 Å². The number of nitrogens with zero attached hydrogens (tertiary/aromatic N) is 1. The van der Waals surface area contributed by atoms with Gasteiger partial charge in [0.05, 0.1) is 0 Å². The minimum Gasteiger partial charge on any atom is -0.322 e. The van der Waals surface area contributed by atoms with Crippen molar-refractivity contribution in [1.29, 1.82) is 0 Å². The minimum atomic E-state index is 0.0434. The molecule has 18 heavy (non-hydrogen) atoms. The number of hydrogen-bond donors (Lipinski definition) is 1. The summed E-state index contributed by atoms with van der Waals surface area (Å²) in [6, 6.07) is 6.65. The first-order valence-electron chi connectivity index (χ1n) is 6.89. The Morgan fingerprint density at radius 3 is 2.06 bits per heavy atom. The molecule has 0 aromatic heterocycles. The van der Waals surface area contributed by atoms with E-state index in [0.29, 0.717) is 0 Å². The Balaban J connectivity index is 3.17. The molecule has 1 unspecified atom stereocenters. The lowest BCUT2D eigenvalue weighted by atomic mass is 9.79. The van der Waals surface area contributed by atoms with E-state index in [9.17, 15) is 0 Å². The van der Waals surface area contributed by atoms with E-state index in [-0.39, 0.29) is 11.6 Å². The van der Waals surface area contributed by atoms with E-state index < -0.39 is 0 Å². The standard InChI is InChI=1S/C16H28N2/c1-7-16(8-2,18(5)6)15(17)14-10-9-12(3)13(4)11-14/h9-11,15H,7-8,17H2,1-6H3.